The summed E-state index contributed by atoms with van der Waals surface area (Å²) in [6.45, 7) is 0.132. The summed E-state index contributed by atoms with van der Waals surface area (Å²) in [6.07, 6.45) is 4.12. The molecular formula is C23H23ClN6O3S. The molecule has 0 aliphatic heterocycles. The van der Waals surface area contributed by atoms with Crippen molar-refractivity contribution >= 4 is 45.1 Å². The first-order valence-corrected chi connectivity index (χ1v) is 12.2. The first-order chi connectivity index (χ1) is 16.3. The Bertz CT molecular complexity index is 1490. The van der Waals surface area contributed by atoms with Crippen LogP contribution >= 0.6 is 22.9 Å². The van der Waals surface area contributed by atoms with Crippen molar-refractivity contribution in [3.05, 3.63) is 72.6 Å². The normalized spacial score (nSPS) is 13.3. The molecule has 0 unspecified atom stereocenters. The van der Waals surface area contributed by atoms with E-state index in [0.717, 1.165) is 41.5 Å². The minimum absolute atomic E-state index is 0.0280. The van der Waals surface area contributed by atoms with Gasteiger partial charge in [0, 0.05) is 19.0 Å². The van der Waals surface area contributed by atoms with E-state index in [2.05, 4.69) is 4.98 Å². The molecule has 9 nitrogen and oxygen atoms in total. The van der Waals surface area contributed by atoms with Gasteiger partial charge in [-0.2, -0.15) is 4.98 Å². The maximum atomic E-state index is 13.7. The third kappa shape index (κ3) is 3.86. The first-order valence-electron chi connectivity index (χ1n) is 11.0. The predicted octanol–water partition coefficient (Wildman–Crippen LogP) is 2.66. The minimum atomic E-state index is -0.551. The molecule has 3 aromatic heterocycles. The fraction of sp³-hybridized carbons (Fsp3) is 0.348. The van der Waals surface area contributed by atoms with Crippen LogP contribution in [0.15, 0.2) is 39.9 Å². The molecule has 5 rings (SSSR count). The van der Waals surface area contributed by atoms with Crippen LogP contribution in [0.3, 0.4) is 0 Å². The molecule has 1 amide bonds. The van der Waals surface area contributed by atoms with Crippen LogP contribution in [0.25, 0.3) is 11.2 Å². The Labute approximate surface area is 203 Å². The minimum Gasteiger partial charge on any atom is -0.299 e. The summed E-state index contributed by atoms with van der Waals surface area (Å²) in [4.78, 5) is 50.7. The van der Waals surface area contributed by atoms with E-state index < -0.39 is 11.2 Å². The van der Waals surface area contributed by atoms with Gasteiger partial charge in [-0.05, 0) is 42.8 Å². The molecule has 0 radical (unpaired) electrons. The van der Waals surface area contributed by atoms with E-state index in [1.165, 1.54) is 28.1 Å². The Morgan fingerprint density at radius 2 is 1.82 bits per heavy atom. The van der Waals surface area contributed by atoms with Gasteiger partial charge in [-0.15, -0.1) is 11.3 Å². The van der Waals surface area contributed by atoms with Gasteiger partial charge in [0.25, 0.3) is 5.56 Å². The van der Waals surface area contributed by atoms with Crippen molar-refractivity contribution in [3.8, 4) is 0 Å². The molecule has 0 saturated carbocycles. The number of carbonyl (C=O) groups is 1. The van der Waals surface area contributed by atoms with Crippen molar-refractivity contribution in [1.29, 1.82) is 0 Å². The highest BCUT2D eigenvalue weighted by molar-refractivity contribution is 7.15. The van der Waals surface area contributed by atoms with Gasteiger partial charge in [0.05, 0.1) is 12.2 Å². The Kier molecular flexibility index (Phi) is 5.86. The highest BCUT2D eigenvalue weighted by Gasteiger charge is 2.26. The molecule has 1 aliphatic carbocycles. The number of imidazole rings is 1. The van der Waals surface area contributed by atoms with Crippen molar-refractivity contribution < 1.29 is 4.79 Å². The quantitative estimate of drug-likeness (QED) is 0.394. The topological polar surface area (TPSA) is 95.0 Å². The molecular weight excluding hydrogens is 476 g/mol. The summed E-state index contributed by atoms with van der Waals surface area (Å²) in [5, 5.41) is 0.612. The summed E-state index contributed by atoms with van der Waals surface area (Å²) in [6, 6.07) is 9.69. The maximum absolute atomic E-state index is 13.7. The largest absolute Gasteiger partial charge is 0.332 e. The fourth-order valence-electron chi connectivity index (χ4n) is 4.27. The van der Waals surface area contributed by atoms with Crippen molar-refractivity contribution in [2.45, 2.75) is 38.8 Å². The molecule has 11 heteroatoms. The van der Waals surface area contributed by atoms with Gasteiger partial charge in [0.2, 0.25) is 11.2 Å². The van der Waals surface area contributed by atoms with Crippen LogP contribution in [0.1, 0.15) is 29.0 Å². The van der Waals surface area contributed by atoms with Gasteiger partial charge >= 0.3 is 5.69 Å². The molecule has 176 valence electrons. The van der Waals surface area contributed by atoms with Crippen LogP contribution in [-0.2, 0) is 44.8 Å². The van der Waals surface area contributed by atoms with E-state index in [4.69, 9.17) is 16.6 Å². The van der Waals surface area contributed by atoms with Gasteiger partial charge < -0.3 is 0 Å². The van der Waals surface area contributed by atoms with Crippen molar-refractivity contribution in [1.82, 2.24) is 23.7 Å². The SMILES string of the molecule is Cn1c(=O)c2c(nc(Cl)n2CC(=O)N(Cc2ccccc2)c2nc3c(s2)CCCC3)n(C)c1=O. The zero-order chi connectivity index (χ0) is 24.0. The van der Waals surface area contributed by atoms with Gasteiger partial charge in [0.15, 0.2) is 16.3 Å². The Morgan fingerprint density at radius 3 is 2.56 bits per heavy atom. The van der Waals surface area contributed by atoms with Crippen LogP contribution in [-0.4, -0.2) is 29.6 Å². The lowest BCUT2D eigenvalue weighted by Crippen LogP contribution is -2.38. The van der Waals surface area contributed by atoms with Crippen molar-refractivity contribution in [3.63, 3.8) is 0 Å². The number of benzene rings is 1. The van der Waals surface area contributed by atoms with Gasteiger partial charge in [-0.3, -0.25) is 28.2 Å². The standard InChI is InChI=1S/C23H23ClN6O3S/c1-27-19-18(20(32)28(2)23(27)33)30(21(24)26-19)13-17(31)29(12-14-8-4-3-5-9-14)22-25-15-10-6-7-11-16(15)34-22/h3-5,8-9H,6-7,10-13H2,1-2H3. The number of carbonyl (C=O) groups excluding carboxylic acids is 1. The average Bonchev–Trinajstić information content (AvgIpc) is 3.41. The number of fused-ring (bicyclic) bond motifs is 2. The molecule has 3 heterocycles. The number of aromatic nitrogens is 5. The summed E-state index contributed by atoms with van der Waals surface area (Å²) in [7, 11) is 2.90. The molecule has 4 aromatic rings. The second-order valence-electron chi connectivity index (χ2n) is 8.38. The monoisotopic (exact) mass is 498 g/mol. The lowest BCUT2D eigenvalue weighted by molar-refractivity contribution is -0.119. The van der Waals surface area contributed by atoms with E-state index >= 15 is 0 Å². The molecule has 0 atom stereocenters. The number of hydrogen-bond donors (Lipinski definition) is 0. The molecule has 1 aliphatic rings. The molecule has 0 spiro atoms. The third-order valence-corrected chi connectivity index (χ3v) is 7.61. The van der Waals surface area contributed by atoms with E-state index in [-0.39, 0.29) is 28.9 Å². The van der Waals surface area contributed by atoms with Gasteiger partial charge in [0.1, 0.15) is 6.54 Å². The summed E-state index contributed by atoms with van der Waals surface area (Å²) >= 11 is 7.90. The lowest BCUT2D eigenvalue weighted by atomic mass is 10.0. The molecule has 0 saturated heterocycles. The molecule has 0 fully saturated rings. The number of halogens is 1. The summed E-state index contributed by atoms with van der Waals surface area (Å²) in [5.74, 6) is -0.271. The number of nitrogens with zero attached hydrogens (tertiary/aromatic N) is 6. The molecule has 0 N–H and O–H groups in total. The third-order valence-electron chi connectivity index (χ3n) is 6.14. The van der Waals surface area contributed by atoms with Crippen LogP contribution in [0, 0.1) is 0 Å². The van der Waals surface area contributed by atoms with Crippen LogP contribution in [0.5, 0.6) is 0 Å². The van der Waals surface area contributed by atoms with E-state index in [9.17, 15) is 14.4 Å². The van der Waals surface area contributed by atoms with E-state index in [1.807, 2.05) is 30.3 Å². The van der Waals surface area contributed by atoms with E-state index in [1.54, 1.807) is 16.2 Å². The lowest BCUT2D eigenvalue weighted by Gasteiger charge is -2.21. The Morgan fingerprint density at radius 1 is 1.09 bits per heavy atom. The number of rotatable bonds is 5. The number of aryl methyl sites for hydroxylation is 3. The Hall–Kier alpha value is -3.24. The second kappa shape index (κ2) is 8.84. The zero-order valence-corrected chi connectivity index (χ0v) is 20.4. The first kappa shape index (κ1) is 22.5. The predicted molar refractivity (Wildman–Crippen MR) is 132 cm³/mol. The molecule has 34 heavy (non-hydrogen) atoms. The molecule has 1 aromatic carbocycles. The average molecular weight is 499 g/mol. The Balaban J connectivity index is 1.57. The number of anilines is 1. The number of thiazole rings is 1. The van der Waals surface area contributed by atoms with Gasteiger partial charge in [-0.25, -0.2) is 9.78 Å². The fourth-order valence-corrected chi connectivity index (χ4v) is 5.66. The van der Waals surface area contributed by atoms with E-state index in [0.29, 0.717) is 11.7 Å². The maximum Gasteiger partial charge on any atom is 0.332 e. The zero-order valence-electron chi connectivity index (χ0n) is 18.8. The van der Waals surface area contributed by atoms with Crippen LogP contribution < -0.4 is 16.1 Å². The second-order valence-corrected chi connectivity index (χ2v) is 9.78. The van der Waals surface area contributed by atoms with Crippen LogP contribution in [0.2, 0.25) is 5.28 Å². The van der Waals surface area contributed by atoms with Crippen molar-refractivity contribution in [2.24, 2.45) is 14.1 Å². The summed E-state index contributed by atoms with van der Waals surface area (Å²) in [5.41, 5.74) is 1.22. The van der Waals surface area contributed by atoms with Crippen LogP contribution in [0.4, 0.5) is 5.13 Å². The highest BCUT2D eigenvalue weighted by Crippen LogP contribution is 2.33. The number of amides is 1. The highest BCUT2D eigenvalue weighted by atomic mass is 35.5. The summed E-state index contributed by atoms with van der Waals surface area (Å²) < 4.78 is 3.60. The molecule has 0 bridgehead atoms. The number of hydrogen-bond acceptors (Lipinski definition) is 6. The smallest absolute Gasteiger partial charge is 0.299 e. The van der Waals surface area contributed by atoms with Crippen molar-refractivity contribution in [2.75, 3.05) is 4.90 Å². The van der Waals surface area contributed by atoms with Gasteiger partial charge in [-0.1, -0.05) is 30.3 Å².